The maximum absolute atomic E-state index is 13.3. The number of carbonyl (C=O) groups is 2. The molecule has 2 amide bonds. The third kappa shape index (κ3) is 4.12. The van der Waals surface area contributed by atoms with Gasteiger partial charge in [-0.3, -0.25) is 9.59 Å². The van der Waals surface area contributed by atoms with Crippen LogP contribution in [0.2, 0.25) is 0 Å². The average molecular weight is 402 g/mol. The number of carbonyl (C=O) groups excluding carboxylic acids is 2. The topological polar surface area (TPSA) is 76.7 Å². The smallest absolute Gasteiger partial charge is 0.257 e. The first-order chi connectivity index (χ1) is 14.7. The Morgan fingerprint density at radius 3 is 2.27 bits per heavy atom. The van der Waals surface area contributed by atoms with Gasteiger partial charge in [-0.15, -0.1) is 0 Å². The van der Waals surface area contributed by atoms with Crippen LogP contribution >= 0.6 is 0 Å². The van der Waals surface area contributed by atoms with Crippen molar-refractivity contribution in [3.63, 3.8) is 0 Å². The first kappa shape index (κ1) is 19.5. The number of hydrogen-bond acceptors (Lipinski definition) is 4. The van der Waals surface area contributed by atoms with Crippen LogP contribution in [0.4, 0.5) is 5.69 Å². The van der Waals surface area contributed by atoms with E-state index in [-0.39, 0.29) is 18.4 Å². The second-order valence-corrected chi connectivity index (χ2v) is 6.87. The first-order valence-electron chi connectivity index (χ1n) is 9.82. The lowest BCUT2D eigenvalue weighted by molar-refractivity contribution is -0.123. The SMILES string of the molecule is CCNC(=O)COc1cccc(NC(=O)C2c3ccccc3Oc3ccccc32)c1. The standard InChI is InChI=1S/C24H22N2O4/c1-2-25-22(27)15-29-17-9-7-8-16(14-17)26-24(28)23-18-10-3-5-12-20(18)30-21-13-6-4-11-19(21)23/h3-14,23H,2,15H2,1H3,(H,25,27)(H,26,28). The molecule has 0 spiro atoms. The zero-order valence-electron chi connectivity index (χ0n) is 16.6. The van der Waals surface area contributed by atoms with Gasteiger partial charge in [0, 0.05) is 29.4 Å². The number of amides is 2. The summed E-state index contributed by atoms with van der Waals surface area (Å²) in [6.45, 7) is 2.32. The minimum absolute atomic E-state index is 0.0774. The molecule has 1 aliphatic heterocycles. The van der Waals surface area contributed by atoms with E-state index < -0.39 is 5.92 Å². The van der Waals surface area contributed by atoms with Crippen molar-refractivity contribution in [2.24, 2.45) is 0 Å². The first-order valence-corrected chi connectivity index (χ1v) is 9.82. The highest BCUT2D eigenvalue weighted by Crippen LogP contribution is 2.44. The molecule has 1 heterocycles. The van der Waals surface area contributed by atoms with Gasteiger partial charge >= 0.3 is 0 Å². The number of para-hydroxylation sites is 2. The fourth-order valence-electron chi connectivity index (χ4n) is 3.47. The number of ether oxygens (including phenoxy) is 2. The summed E-state index contributed by atoms with van der Waals surface area (Å²) in [5.41, 5.74) is 2.23. The summed E-state index contributed by atoms with van der Waals surface area (Å²) in [6, 6.07) is 22.1. The second kappa shape index (κ2) is 8.69. The van der Waals surface area contributed by atoms with Gasteiger partial charge in [-0.05, 0) is 31.2 Å². The van der Waals surface area contributed by atoms with Crippen LogP contribution in [0.25, 0.3) is 0 Å². The fourth-order valence-corrected chi connectivity index (χ4v) is 3.47. The summed E-state index contributed by atoms with van der Waals surface area (Å²) in [4.78, 5) is 24.9. The Kier molecular flexibility index (Phi) is 5.66. The van der Waals surface area contributed by atoms with Crippen LogP contribution in [-0.2, 0) is 9.59 Å². The highest BCUT2D eigenvalue weighted by atomic mass is 16.5. The molecule has 0 unspecified atom stereocenters. The normalized spacial score (nSPS) is 12.2. The van der Waals surface area contributed by atoms with Gasteiger partial charge in [0.15, 0.2) is 6.61 Å². The molecule has 2 N–H and O–H groups in total. The number of rotatable bonds is 6. The summed E-state index contributed by atoms with van der Waals surface area (Å²) in [6.07, 6.45) is 0. The Morgan fingerprint density at radius 1 is 0.933 bits per heavy atom. The minimum Gasteiger partial charge on any atom is -0.484 e. The number of benzene rings is 3. The highest BCUT2D eigenvalue weighted by molar-refractivity contribution is 5.99. The summed E-state index contributed by atoms with van der Waals surface area (Å²) in [7, 11) is 0. The van der Waals surface area contributed by atoms with Gasteiger partial charge in [-0.25, -0.2) is 0 Å². The summed E-state index contributed by atoms with van der Waals surface area (Å²) in [5, 5.41) is 5.65. The number of fused-ring (bicyclic) bond motifs is 2. The fraction of sp³-hybridized carbons (Fsp3) is 0.167. The molecule has 152 valence electrons. The Balaban J connectivity index is 1.55. The van der Waals surface area contributed by atoms with Crippen LogP contribution in [-0.4, -0.2) is 25.0 Å². The third-order valence-corrected chi connectivity index (χ3v) is 4.79. The molecule has 6 heteroatoms. The van der Waals surface area contributed by atoms with E-state index in [1.165, 1.54) is 0 Å². The van der Waals surface area contributed by atoms with Gasteiger partial charge in [0.1, 0.15) is 17.2 Å². The van der Waals surface area contributed by atoms with Crippen LogP contribution < -0.4 is 20.1 Å². The summed E-state index contributed by atoms with van der Waals surface area (Å²) in [5.74, 6) is 1.00. The molecule has 1 aliphatic rings. The number of anilines is 1. The van der Waals surface area contributed by atoms with E-state index in [1.54, 1.807) is 24.3 Å². The molecule has 0 bridgehead atoms. The maximum Gasteiger partial charge on any atom is 0.257 e. The van der Waals surface area contributed by atoms with Crippen molar-refractivity contribution < 1.29 is 19.1 Å². The lowest BCUT2D eigenvalue weighted by Gasteiger charge is -2.27. The zero-order valence-corrected chi connectivity index (χ0v) is 16.6. The van der Waals surface area contributed by atoms with Crippen molar-refractivity contribution in [3.05, 3.63) is 83.9 Å². The summed E-state index contributed by atoms with van der Waals surface area (Å²) >= 11 is 0. The Morgan fingerprint density at radius 2 is 1.60 bits per heavy atom. The van der Waals surface area contributed by atoms with Crippen molar-refractivity contribution >= 4 is 17.5 Å². The molecule has 0 aliphatic carbocycles. The van der Waals surface area contributed by atoms with Crippen LogP contribution in [0.1, 0.15) is 24.0 Å². The molecule has 6 nitrogen and oxygen atoms in total. The lowest BCUT2D eigenvalue weighted by Crippen LogP contribution is -2.28. The van der Waals surface area contributed by atoms with E-state index in [0.29, 0.717) is 29.5 Å². The van der Waals surface area contributed by atoms with Crippen LogP contribution in [0.3, 0.4) is 0 Å². The quantitative estimate of drug-likeness (QED) is 0.651. The Bertz CT molecular complexity index is 1030. The molecule has 0 saturated carbocycles. The third-order valence-electron chi connectivity index (χ3n) is 4.79. The van der Waals surface area contributed by atoms with E-state index in [2.05, 4.69) is 10.6 Å². The molecule has 0 saturated heterocycles. The predicted octanol–water partition coefficient (Wildman–Crippen LogP) is 4.08. The van der Waals surface area contributed by atoms with Gasteiger partial charge in [0.05, 0.1) is 5.92 Å². The minimum atomic E-state index is -0.494. The number of likely N-dealkylation sites (N-methyl/N-ethyl adjacent to an activating group) is 1. The molecule has 0 aromatic heterocycles. The molecular formula is C24H22N2O4. The molecular weight excluding hydrogens is 380 g/mol. The lowest BCUT2D eigenvalue weighted by atomic mass is 9.87. The van der Waals surface area contributed by atoms with Crippen molar-refractivity contribution in [3.8, 4) is 17.2 Å². The van der Waals surface area contributed by atoms with Crippen LogP contribution in [0, 0.1) is 0 Å². The Labute approximate surface area is 174 Å². The van der Waals surface area contributed by atoms with Crippen LogP contribution in [0.5, 0.6) is 17.2 Å². The molecule has 0 fully saturated rings. The molecule has 30 heavy (non-hydrogen) atoms. The number of hydrogen-bond donors (Lipinski definition) is 2. The van der Waals surface area contributed by atoms with Crippen LogP contribution in [0.15, 0.2) is 72.8 Å². The molecule has 3 aromatic rings. The van der Waals surface area contributed by atoms with E-state index in [1.807, 2.05) is 55.5 Å². The van der Waals surface area contributed by atoms with Crippen molar-refractivity contribution in [1.82, 2.24) is 5.32 Å². The van der Waals surface area contributed by atoms with E-state index in [9.17, 15) is 9.59 Å². The van der Waals surface area contributed by atoms with Gasteiger partial charge in [-0.1, -0.05) is 42.5 Å². The number of nitrogens with one attached hydrogen (secondary N) is 2. The molecule has 3 aromatic carbocycles. The summed E-state index contributed by atoms with van der Waals surface area (Å²) < 4.78 is 11.5. The van der Waals surface area contributed by atoms with Crippen molar-refractivity contribution in [2.75, 3.05) is 18.5 Å². The van der Waals surface area contributed by atoms with Gasteiger partial charge in [0.2, 0.25) is 5.91 Å². The van der Waals surface area contributed by atoms with Gasteiger partial charge < -0.3 is 20.1 Å². The second-order valence-electron chi connectivity index (χ2n) is 6.87. The van der Waals surface area contributed by atoms with Gasteiger partial charge in [0.25, 0.3) is 5.91 Å². The largest absolute Gasteiger partial charge is 0.484 e. The Hall–Kier alpha value is -3.80. The maximum atomic E-state index is 13.3. The zero-order chi connectivity index (χ0) is 20.9. The van der Waals surface area contributed by atoms with Crippen molar-refractivity contribution in [2.45, 2.75) is 12.8 Å². The predicted molar refractivity (Wildman–Crippen MR) is 114 cm³/mol. The van der Waals surface area contributed by atoms with E-state index in [4.69, 9.17) is 9.47 Å². The molecule has 0 atom stereocenters. The van der Waals surface area contributed by atoms with E-state index in [0.717, 1.165) is 11.1 Å². The van der Waals surface area contributed by atoms with Crippen molar-refractivity contribution in [1.29, 1.82) is 0 Å². The molecule has 4 rings (SSSR count). The van der Waals surface area contributed by atoms with Gasteiger partial charge in [-0.2, -0.15) is 0 Å². The average Bonchev–Trinajstić information content (AvgIpc) is 2.76. The van der Waals surface area contributed by atoms with E-state index >= 15 is 0 Å². The molecule has 0 radical (unpaired) electrons. The monoisotopic (exact) mass is 402 g/mol. The highest BCUT2D eigenvalue weighted by Gasteiger charge is 2.32.